The maximum Gasteiger partial charge on any atom is 0.0255 e. The quantitative estimate of drug-likeness (QED) is 0.593. The highest BCUT2D eigenvalue weighted by Crippen LogP contribution is 2.32. The molecule has 0 unspecified atom stereocenters. The Hall–Kier alpha value is -0.460. The highest BCUT2D eigenvalue weighted by Gasteiger charge is 2.26. The molecule has 0 saturated heterocycles. The lowest BCUT2D eigenvalue weighted by molar-refractivity contribution is 0.566. The van der Waals surface area contributed by atoms with Crippen molar-refractivity contribution in [1.29, 1.82) is 0 Å². The van der Waals surface area contributed by atoms with Crippen molar-refractivity contribution >= 4 is 0 Å². The van der Waals surface area contributed by atoms with E-state index in [9.17, 15) is 0 Å². The van der Waals surface area contributed by atoms with Crippen LogP contribution < -0.4 is 5.32 Å². The first-order valence-corrected chi connectivity index (χ1v) is 5.75. The van der Waals surface area contributed by atoms with Crippen molar-refractivity contribution in [2.24, 2.45) is 5.92 Å². The Bertz CT molecular complexity index is 147. The second kappa shape index (κ2) is 6.06. The summed E-state index contributed by atoms with van der Waals surface area (Å²) in [6.45, 7) is 4.53. The lowest BCUT2D eigenvalue weighted by Gasteiger charge is -2.08. The van der Waals surface area contributed by atoms with E-state index in [1.807, 2.05) is 0 Å². The normalized spacial score (nSPS) is 19.2. The molecule has 1 aliphatic carbocycles. The van der Waals surface area contributed by atoms with E-state index in [0.29, 0.717) is 6.04 Å². The van der Waals surface area contributed by atoms with Crippen LogP contribution in [0, 0.1) is 5.92 Å². The fourth-order valence-electron chi connectivity index (χ4n) is 1.55. The third kappa shape index (κ3) is 4.97. The number of rotatable bonds is 7. The van der Waals surface area contributed by atoms with E-state index in [4.69, 9.17) is 0 Å². The summed E-state index contributed by atoms with van der Waals surface area (Å²) in [5.41, 5.74) is 0. The molecule has 0 aromatic carbocycles. The molecule has 0 aliphatic heterocycles. The van der Waals surface area contributed by atoms with Crippen LogP contribution in [0.4, 0.5) is 0 Å². The van der Waals surface area contributed by atoms with Gasteiger partial charge in [-0.2, -0.15) is 0 Å². The molecule has 1 rings (SSSR count). The molecule has 1 nitrogen and oxygen atoms in total. The van der Waals surface area contributed by atoms with Gasteiger partial charge in [0.15, 0.2) is 0 Å². The van der Waals surface area contributed by atoms with Crippen LogP contribution in [0.2, 0.25) is 0 Å². The predicted molar refractivity (Wildman–Crippen MR) is 58.6 cm³/mol. The summed E-state index contributed by atoms with van der Waals surface area (Å²) in [6, 6.07) is 0.697. The second-order valence-corrected chi connectivity index (χ2v) is 4.19. The Kier molecular flexibility index (Phi) is 4.95. The van der Waals surface area contributed by atoms with Crippen molar-refractivity contribution in [1.82, 2.24) is 5.32 Å². The van der Waals surface area contributed by atoms with E-state index < -0.39 is 0 Å². The van der Waals surface area contributed by atoms with Crippen molar-refractivity contribution in [3.05, 3.63) is 12.3 Å². The Labute approximate surface area is 82.6 Å². The van der Waals surface area contributed by atoms with E-state index in [1.165, 1.54) is 38.5 Å². The minimum Gasteiger partial charge on any atom is -0.388 e. The van der Waals surface area contributed by atoms with Gasteiger partial charge in [-0.25, -0.2) is 0 Å². The number of allylic oxidation sites excluding steroid dienone is 1. The number of unbranched alkanes of at least 4 members (excludes halogenated alkanes) is 3. The molecule has 1 atom stereocenters. The maximum atomic E-state index is 3.44. The largest absolute Gasteiger partial charge is 0.388 e. The maximum absolute atomic E-state index is 3.44. The summed E-state index contributed by atoms with van der Waals surface area (Å²) < 4.78 is 0. The second-order valence-electron chi connectivity index (χ2n) is 4.19. The lowest BCUT2D eigenvalue weighted by atomic mass is 10.2. The first-order valence-electron chi connectivity index (χ1n) is 5.75. The molecule has 76 valence electrons. The molecule has 0 aromatic heterocycles. The average Bonchev–Trinajstić information content (AvgIpc) is 2.93. The molecular weight excluding hydrogens is 158 g/mol. The fourth-order valence-corrected chi connectivity index (χ4v) is 1.55. The summed E-state index contributed by atoms with van der Waals surface area (Å²) >= 11 is 0. The molecule has 1 aliphatic rings. The fraction of sp³-hybridized carbons (Fsp3) is 0.833. The topological polar surface area (TPSA) is 12.0 Å². The first kappa shape index (κ1) is 10.6. The van der Waals surface area contributed by atoms with Crippen LogP contribution in [0.1, 0.15) is 52.4 Å². The molecule has 0 amide bonds. The van der Waals surface area contributed by atoms with Crippen LogP contribution in [0.15, 0.2) is 12.3 Å². The van der Waals surface area contributed by atoms with Gasteiger partial charge in [-0.15, -0.1) is 0 Å². The molecule has 1 N–H and O–H groups in total. The minimum absolute atomic E-state index is 0.697. The molecule has 0 radical (unpaired) electrons. The zero-order valence-corrected chi connectivity index (χ0v) is 9.05. The SMILES string of the molecule is CCCCC/C=C\N[C@H](C)C1CC1. The monoisotopic (exact) mass is 181 g/mol. The van der Waals surface area contributed by atoms with Crippen molar-refractivity contribution in [2.75, 3.05) is 0 Å². The molecule has 13 heavy (non-hydrogen) atoms. The molecule has 0 aromatic rings. The zero-order chi connectivity index (χ0) is 9.52. The van der Waals surface area contributed by atoms with Gasteiger partial charge in [-0.3, -0.25) is 0 Å². The van der Waals surface area contributed by atoms with Gasteiger partial charge in [-0.05, 0) is 44.7 Å². The number of hydrogen-bond acceptors (Lipinski definition) is 1. The van der Waals surface area contributed by atoms with Crippen LogP contribution in [-0.2, 0) is 0 Å². The van der Waals surface area contributed by atoms with Crippen molar-refractivity contribution < 1.29 is 0 Å². The Morgan fingerprint density at radius 2 is 2.15 bits per heavy atom. The molecule has 0 bridgehead atoms. The van der Waals surface area contributed by atoms with E-state index in [0.717, 1.165) is 5.92 Å². The summed E-state index contributed by atoms with van der Waals surface area (Å²) in [6.07, 6.45) is 12.5. The lowest BCUT2D eigenvalue weighted by Crippen LogP contribution is -2.22. The summed E-state index contributed by atoms with van der Waals surface area (Å²) in [5, 5.41) is 3.44. The van der Waals surface area contributed by atoms with Crippen LogP contribution in [0.5, 0.6) is 0 Å². The van der Waals surface area contributed by atoms with Gasteiger partial charge in [0.1, 0.15) is 0 Å². The molecule has 0 heterocycles. The summed E-state index contributed by atoms with van der Waals surface area (Å²) in [4.78, 5) is 0. The van der Waals surface area contributed by atoms with E-state index in [2.05, 4.69) is 31.4 Å². The standard InChI is InChI=1S/C12H23N/c1-3-4-5-6-7-10-13-11(2)12-8-9-12/h7,10-13H,3-6,8-9H2,1-2H3/b10-7-/t11-/m1/s1. The predicted octanol–water partition coefficient (Wildman–Crippen LogP) is 3.47. The average molecular weight is 181 g/mol. The van der Waals surface area contributed by atoms with E-state index >= 15 is 0 Å². The summed E-state index contributed by atoms with van der Waals surface area (Å²) in [5.74, 6) is 0.959. The van der Waals surface area contributed by atoms with Gasteiger partial charge in [0.25, 0.3) is 0 Å². The Balaban J connectivity index is 1.91. The van der Waals surface area contributed by atoms with Crippen LogP contribution >= 0.6 is 0 Å². The van der Waals surface area contributed by atoms with Crippen LogP contribution in [0.25, 0.3) is 0 Å². The van der Waals surface area contributed by atoms with Gasteiger partial charge in [0.2, 0.25) is 0 Å². The molecule has 0 spiro atoms. The van der Waals surface area contributed by atoms with Crippen molar-refractivity contribution in [2.45, 2.75) is 58.4 Å². The number of nitrogens with one attached hydrogen (secondary N) is 1. The third-order valence-corrected chi connectivity index (χ3v) is 2.78. The smallest absolute Gasteiger partial charge is 0.0255 e. The van der Waals surface area contributed by atoms with E-state index in [1.54, 1.807) is 0 Å². The van der Waals surface area contributed by atoms with Crippen LogP contribution in [0.3, 0.4) is 0 Å². The van der Waals surface area contributed by atoms with Gasteiger partial charge in [-0.1, -0.05) is 25.8 Å². The van der Waals surface area contributed by atoms with Gasteiger partial charge < -0.3 is 5.32 Å². The minimum atomic E-state index is 0.697. The Morgan fingerprint density at radius 1 is 1.38 bits per heavy atom. The number of hydrogen-bond donors (Lipinski definition) is 1. The zero-order valence-electron chi connectivity index (χ0n) is 9.05. The molecule has 1 saturated carbocycles. The van der Waals surface area contributed by atoms with Crippen molar-refractivity contribution in [3.8, 4) is 0 Å². The Morgan fingerprint density at radius 3 is 2.77 bits per heavy atom. The molecule has 1 fully saturated rings. The van der Waals surface area contributed by atoms with Crippen molar-refractivity contribution in [3.63, 3.8) is 0 Å². The molecule has 1 heteroatoms. The molecular formula is C12H23N. The first-order chi connectivity index (χ1) is 6.34. The van der Waals surface area contributed by atoms with Gasteiger partial charge in [0.05, 0.1) is 0 Å². The van der Waals surface area contributed by atoms with E-state index in [-0.39, 0.29) is 0 Å². The third-order valence-electron chi connectivity index (χ3n) is 2.78. The highest BCUT2D eigenvalue weighted by atomic mass is 14.9. The highest BCUT2D eigenvalue weighted by molar-refractivity contribution is 4.89. The summed E-state index contributed by atoms with van der Waals surface area (Å²) in [7, 11) is 0. The van der Waals surface area contributed by atoms with Gasteiger partial charge in [0, 0.05) is 6.04 Å². The van der Waals surface area contributed by atoms with Crippen LogP contribution in [-0.4, -0.2) is 6.04 Å². The van der Waals surface area contributed by atoms with Gasteiger partial charge >= 0.3 is 0 Å².